The first kappa shape index (κ1) is 21.4. The van der Waals surface area contributed by atoms with Crippen LogP contribution in [0.1, 0.15) is 34.3 Å². The summed E-state index contributed by atoms with van der Waals surface area (Å²) >= 11 is 0. The van der Waals surface area contributed by atoms with E-state index in [-0.39, 0.29) is 29.4 Å². The quantitative estimate of drug-likeness (QED) is 0.688. The van der Waals surface area contributed by atoms with E-state index in [1.165, 1.54) is 4.31 Å². The molecule has 2 aromatic carbocycles. The molecular weight excluding hydrogens is 418 g/mol. The molecule has 0 saturated carbocycles. The number of rotatable bonds is 6. The van der Waals surface area contributed by atoms with Crippen LogP contribution >= 0.6 is 0 Å². The highest BCUT2D eigenvalue weighted by Crippen LogP contribution is 2.22. The third-order valence-corrected chi connectivity index (χ3v) is 7.27. The number of morpholine rings is 1. The maximum absolute atomic E-state index is 12.7. The molecular formula is C22H23N3O5S. The second kappa shape index (κ2) is 9.09. The number of hydrogen-bond donors (Lipinski definition) is 1. The minimum absolute atomic E-state index is 0.00396. The number of benzene rings is 2. The maximum Gasteiger partial charge on any atom is 0.243 e. The summed E-state index contributed by atoms with van der Waals surface area (Å²) in [6.45, 7) is 1.50. The van der Waals surface area contributed by atoms with Crippen LogP contribution in [0.5, 0.6) is 0 Å². The summed E-state index contributed by atoms with van der Waals surface area (Å²) in [5.74, 6) is -0.273. The predicted molar refractivity (Wildman–Crippen MR) is 114 cm³/mol. The number of amides is 1. The number of aryl methyl sites for hydroxylation is 1. The number of hydrazone groups is 1. The van der Waals surface area contributed by atoms with Crippen LogP contribution in [0.25, 0.3) is 0 Å². The van der Waals surface area contributed by atoms with Gasteiger partial charge in [0.15, 0.2) is 5.78 Å². The second-order valence-electron chi connectivity index (χ2n) is 7.40. The van der Waals surface area contributed by atoms with Crippen molar-refractivity contribution in [1.82, 2.24) is 9.73 Å². The Bertz CT molecular complexity index is 1120. The maximum atomic E-state index is 12.7. The van der Waals surface area contributed by atoms with Gasteiger partial charge in [0.2, 0.25) is 15.9 Å². The van der Waals surface area contributed by atoms with Crippen molar-refractivity contribution < 1.29 is 22.7 Å². The average Bonchev–Trinajstić information content (AvgIpc) is 3.13. The summed E-state index contributed by atoms with van der Waals surface area (Å²) < 4.78 is 31.9. The minimum atomic E-state index is -3.53. The van der Waals surface area contributed by atoms with E-state index < -0.39 is 10.0 Å². The Labute approximate surface area is 180 Å². The van der Waals surface area contributed by atoms with Gasteiger partial charge in [-0.25, -0.2) is 13.8 Å². The van der Waals surface area contributed by atoms with E-state index in [1.807, 2.05) is 12.1 Å². The Morgan fingerprint density at radius 2 is 1.71 bits per heavy atom. The molecule has 1 N–H and O–H groups in total. The molecule has 162 valence electrons. The fourth-order valence-corrected chi connectivity index (χ4v) is 5.04. The van der Waals surface area contributed by atoms with Crippen LogP contribution in [0.2, 0.25) is 0 Å². The van der Waals surface area contributed by atoms with Gasteiger partial charge in [-0.05, 0) is 24.1 Å². The van der Waals surface area contributed by atoms with Gasteiger partial charge in [-0.15, -0.1) is 0 Å². The van der Waals surface area contributed by atoms with Gasteiger partial charge in [0, 0.05) is 30.6 Å². The SMILES string of the molecule is O=C(CCc1ccc(S(=O)(=O)N2CCOCC2)cc1)N/N=C1/CC(=O)c2ccccc21. The molecule has 0 aromatic heterocycles. The molecule has 1 aliphatic heterocycles. The second-order valence-corrected chi connectivity index (χ2v) is 9.34. The molecule has 1 saturated heterocycles. The highest BCUT2D eigenvalue weighted by molar-refractivity contribution is 7.89. The number of carbonyl (C=O) groups excluding carboxylic acids is 2. The standard InChI is InChI=1S/C22H23N3O5S/c26-21-15-20(18-3-1-2-4-19(18)21)23-24-22(27)10-7-16-5-8-17(9-6-16)31(28,29)25-11-13-30-14-12-25/h1-6,8-9H,7,10-15H2,(H,24,27)/b23-20-. The normalized spacial score (nSPS) is 18.2. The summed E-state index contributed by atoms with van der Waals surface area (Å²) in [6, 6.07) is 13.8. The Kier molecular flexibility index (Phi) is 6.26. The Morgan fingerprint density at radius 3 is 2.42 bits per heavy atom. The molecule has 0 atom stereocenters. The fraction of sp³-hybridized carbons (Fsp3) is 0.318. The summed E-state index contributed by atoms with van der Waals surface area (Å²) in [4.78, 5) is 24.4. The van der Waals surface area contributed by atoms with Crippen molar-refractivity contribution in [2.75, 3.05) is 26.3 Å². The number of ether oxygens (including phenoxy) is 1. The van der Waals surface area contributed by atoms with Crippen LogP contribution in [-0.2, 0) is 26.0 Å². The van der Waals surface area contributed by atoms with Crippen LogP contribution < -0.4 is 5.43 Å². The van der Waals surface area contributed by atoms with Gasteiger partial charge in [-0.2, -0.15) is 9.41 Å². The van der Waals surface area contributed by atoms with Crippen molar-refractivity contribution in [2.45, 2.75) is 24.2 Å². The molecule has 1 heterocycles. The van der Waals surface area contributed by atoms with Crippen molar-refractivity contribution in [1.29, 1.82) is 0 Å². The van der Waals surface area contributed by atoms with E-state index in [0.29, 0.717) is 44.0 Å². The largest absolute Gasteiger partial charge is 0.379 e. The van der Waals surface area contributed by atoms with Crippen molar-refractivity contribution in [3.63, 3.8) is 0 Å². The van der Waals surface area contributed by atoms with E-state index >= 15 is 0 Å². The zero-order valence-corrected chi connectivity index (χ0v) is 17.7. The molecule has 0 bridgehead atoms. The lowest BCUT2D eigenvalue weighted by Crippen LogP contribution is -2.40. The number of nitrogens with one attached hydrogen (secondary N) is 1. The zero-order valence-electron chi connectivity index (χ0n) is 16.9. The Balaban J connectivity index is 1.32. The van der Waals surface area contributed by atoms with Crippen LogP contribution in [0, 0.1) is 0 Å². The molecule has 0 spiro atoms. The number of hydrogen-bond acceptors (Lipinski definition) is 6. The minimum Gasteiger partial charge on any atom is -0.379 e. The molecule has 4 rings (SSSR count). The van der Waals surface area contributed by atoms with E-state index in [4.69, 9.17) is 4.74 Å². The molecule has 9 heteroatoms. The summed E-state index contributed by atoms with van der Waals surface area (Å²) in [6.07, 6.45) is 0.824. The van der Waals surface area contributed by atoms with Crippen LogP contribution in [-0.4, -0.2) is 56.4 Å². The van der Waals surface area contributed by atoms with E-state index in [1.54, 1.807) is 36.4 Å². The molecule has 0 unspecified atom stereocenters. The lowest BCUT2D eigenvalue weighted by molar-refractivity contribution is -0.121. The third kappa shape index (κ3) is 4.73. The number of ketones is 1. The number of sulfonamides is 1. The van der Waals surface area contributed by atoms with E-state index in [2.05, 4.69) is 10.5 Å². The van der Waals surface area contributed by atoms with Crippen molar-refractivity contribution in [2.24, 2.45) is 5.10 Å². The summed E-state index contributed by atoms with van der Waals surface area (Å²) in [5.41, 5.74) is 5.31. The van der Waals surface area contributed by atoms with Crippen LogP contribution in [0.3, 0.4) is 0 Å². The van der Waals surface area contributed by atoms with Crippen LogP contribution in [0.15, 0.2) is 58.5 Å². The highest BCUT2D eigenvalue weighted by atomic mass is 32.2. The third-order valence-electron chi connectivity index (χ3n) is 5.35. The molecule has 2 aliphatic rings. The first-order valence-corrected chi connectivity index (χ1v) is 11.5. The molecule has 8 nitrogen and oxygen atoms in total. The number of Topliss-reactive ketones (excluding diaryl/α,β-unsaturated/α-hetero) is 1. The van der Waals surface area contributed by atoms with Gasteiger partial charge >= 0.3 is 0 Å². The highest BCUT2D eigenvalue weighted by Gasteiger charge is 2.26. The van der Waals surface area contributed by atoms with Crippen molar-refractivity contribution in [3.8, 4) is 0 Å². The zero-order chi connectivity index (χ0) is 21.8. The van der Waals surface area contributed by atoms with Crippen molar-refractivity contribution >= 4 is 27.4 Å². The summed E-state index contributed by atoms with van der Waals surface area (Å²) in [5, 5.41) is 4.13. The average molecular weight is 442 g/mol. The molecule has 0 radical (unpaired) electrons. The van der Waals surface area contributed by atoms with Gasteiger partial charge in [0.1, 0.15) is 0 Å². The molecule has 2 aromatic rings. The lowest BCUT2D eigenvalue weighted by atomic mass is 10.1. The molecule has 31 heavy (non-hydrogen) atoms. The first-order valence-electron chi connectivity index (χ1n) is 10.1. The molecule has 1 amide bonds. The van der Waals surface area contributed by atoms with Crippen LogP contribution in [0.4, 0.5) is 0 Å². The topological polar surface area (TPSA) is 105 Å². The van der Waals surface area contributed by atoms with Gasteiger partial charge < -0.3 is 4.74 Å². The Morgan fingerprint density at radius 1 is 1.03 bits per heavy atom. The van der Waals surface area contributed by atoms with Gasteiger partial charge in [0.25, 0.3) is 0 Å². The predicted octanol–water partition coefficient (Wildman–Crippen LogP) is 1.75. The number of carbonyl (C=O) groups is 2. The number of fused-ring (bicyclic) bond motifs is 1. The van der Waals surface area contributed by atoms with Gasteiger partial charge in [-0.3, -0.25) is 9.59 Å². The van der Waals surface area contributed by atoms with E-state index in [0.717, 1.165) is 11.1 Å². The fourth-order valence-electron chi connectivity index (χ4n) is 3.63. The Hall–Kier alpha value is -2.88. The van der Waals surface area contributed by atoms with E-state index in [9.17, 15) is 18.0 Å². The molecule has 1 fully saturated rings. The smallest absolute Gasteiger partial charge is 0.243 e. The molecule has 1 aliphatic carbocycles. The number of nitrogens with zero attached hydrogens (tertiary/aromatic N) is 2. The van der Waals surface area contributed by atoms with Gasteiger partial charge in [0.05, 0.1) is 30.2 Å². The van der Waals surface area contributed by atoms with Gasteiger partial charge in [-0.1, -0.05) is 36.4 Å². The monoisotopic (exact) mass is 441 g/mol. The summed E-state index contributed by atoms with van der Waals surface area (Å²) in [7, 11) is -3.53. The lowest BCUT2D eigenvalue weighted by Gasteiger charge is -2.26. The first-order chi connectivity index (χ1) is 14.9. The van der Waals surface area contributed by atoms with Crippen molar-refractivity contribution in [3.05, 3.63) is 65.2 Å².